The topological polar surface area (TPSA) is 107 Å². The van der Waals surface area contributed by atoms with Gasteiger partial charge in [0.05, 0.1) is 23.4 Å². The van der Waals surface area contributed by atoms with Crippen molar-refractivity contribution in [2.45, 2.75) is 58.0 Å². The second-order valence-electron chi connectivity index (χ2n) is 10.6. The van der Waals surface area contributed by atoms with Crippen LogP contribution < -0.4 is 11.1 Å². The first kappa shape index (κ1) is 24.5. The third-order valence-electron chi connectivity index (χ3n) is 7.42. The van der Waals surface area contributed by atoms with Crippen LogP contribution in [0.3, 0.4) is 0 Å². The van der Waals surface area contributed by atoms with E-state index in [2.05, 4.69) is 32.4 Å². The maximum Gasteiger partial charge on any atom is 0.274 e. The highest BCUT2D eigenvalue weighted by Gasteiger charge is 2.19. The van der Waals surface area contributed by atoms with Crippen LogP contribution in [-0.4, -0.2) is 54.3 Å². The lowest BCUT2D eigenvalue weighted by Gasteiger charge is -2.30. The van der Waals surface area contributed by atoms with E-state index < -0.39 is 0 Å². The van der Waals surface area contributed by atoms with Crippen molar-refractivity contribution in [3.8, 4) is 11.4 Å². The molecule has 0 unspecified atom stereocenters. The summed E-state index contributed by atoms with van der Waals surface area (Å²) in [5.74, 6) is -0.256. The number of fused-ring (bicyclic) bond motifs is 1. The Hall–Kier alpha value is -3.82. The second kappa shape index (κ2) is 10.5. The Morgan fingerprint density at radius 2 is 1.97 bits per heavy atom. The van der Waals surface area contributed by atoms with Gasteiger partial charge < -0.3 is 15.6 Å². The smallest absolute Gasteiger partial charge is 0.274 e. The third kappa shape index (κ3) is 5.39. The number of piperidine rings is 1. The van der Waals surface area contributed by atoms with Gasteiger partial charge in [0, 0.05) is 49.1 Å². The van der Waals surface area contributed by atoms with E-state index in [0.717, 1.165) is 79.3 Å². The molecule has 9 nitrogen and oxygen atoms in total. The number of benzene rings is 1. The Morgan fingerprint density at radius 3 is 2.79 bits per heavy atom. The van der Waals surface area contributed by atoms with Gasteiger partial charge in [-0.3, -0.25) is 14.7 Å². The van der Waals surface area contributed by atoms with Gasteiger partial charge in [0.25, 0.3) is 5.91 Å². The molecule has 1 atom stereocenters. The van der Waals surface area contributed by atoms with Gasteiger partial charge in [-0.2, -0.15) is 5.10 Å². The number of hydrogen-bond acceptors (Lipinski definition) is 6. The van der Waals surface area contributed by atoms with Gasteiger partial charge >= 0.3 is 0 Å². The van der Waals surface area contributed by atoms with Crippen molar-refractivity contribution in [2.75, 3.05) is 18.4 Å². The van der Waals surface area contributed by atoms with Gasteiger partial charge in [-0.15, -0.1) is 0 Å². The van der Waals surface area contributed by atoms with Crippen LogP contribution in [0.1, 0.15) is 58.7 Å². The first-order chi connectivity index (χ1) is 18.5. The molecule has 6 rings (SSSR count). The zero-order valence-electron chi connectivity index (χ0n) is 21.8. The number of anilines is 1. The summed E-state index contributed by atoms with van der Waals surface area (Å²) in [6, 6.07) is 10.1. The van der Waals surface area contributed by atoms with E-state index in [1.165, 1.54) is 18.4 Å². The number of imidazole rings is 1. The van der Waals surface area contributed by atoms with Gasteiger partial charge in [-0.1, -0.05) is 0 Å². The summed E-state index contributed by atoms with van der Waals surface area (Å²) < 4.78 is 3.85. The number of nitrogens with zero attached hydrogens (tertiary/aromatic N) is 6. The van der Waals surface area contributed by atoms with Gasteiger partial charge in [-0.25, -0.2) is 9.67 Å². The fraction of sp³-hybridized carbons (Fsp3) is 0.379. The van der Waals surface area contributed by atoms with E-state index in [1.54, 1.807) is 18.6 Å². The molecule has 1 aliphatic carbocycles. The fourth-order valence-corrected chi connectivity index (χ4v) is 5.53. The first-order valence-electron chi connectivity index (χ1n) is 13.5. The van der Waals surface area contributed by atoms with Crippen LogP contribution in [0.15, 0.2) is 55.2 Å². The number of nitrogens with two attached hydrogens (primary N) is 1. The molecule has 3 aromatic heterocycles. The number of carbonyl (C=O) groups is 1. The summed E-state index contributed by atoms with van der Waals surface area (Å²) in [6.07, 6.45) is 14.2. The standard InChI is InChI=1S/C29H34N8O/c1-20-15-36(19-32-20)26-12-21(16-35-10-4-6-23(30)18-35)11-24(13-26)33-29(38)28-14-25(8-9-31-28)37-17-22-5-2-3-7-27(22)34-37/h8-9,11-15,17,19,23H,2-7,10,16,18,30H2,1H3,(H,33,38)/t23-/m0/s1. The molecule has 1 saturated heterocycles. The Labute approximate surface area is 222 Å². The highest BCUT2D eigenvalue weighted by atomic mass is 16.1. The molecule has 0 radical (unpaired) electrons. The molecule has 1 fully saturated rings. The van der Waals surface area contributed by atoms with E-state index in [4.69, 9.17) is 10.8 Å². The van der Waals surface area contributed by atoms with E-state index in [9.17, 15) is 4.79 Å². The van der Waals surface area contributed by atoms with Gasteiger partial charge in [0.1, 0.15) is 5.69 Å². The number of aromatic nitrogens is 5. The van der Waals surface area contributed by atoms with Crippen LogP contribution in [0.5, 0.6) is 0 Å². The van der Waals surface area contributed by atoms with Crippen LogP contribution in [0, 0.1) is 6.92 Å². The molecule has 0 spiro atoms. The number of likely N-dealkylation sites (tertiary alicyclic amines) is 1. The highest BCUT2D eigenvalue weighted by Crippen LogP contribution is 2.24. The number of amides is 1. The SMILES string of the molecule is Cc1cn(-c2cc(CN3CCC[C@H](N)C3)cc(NC(=O)c3cc(-n4cc5c(n4)CCCC5)ccn3)c2)cn1. The summed E-state index contributed by atoms with van der Waals surface area (Å²) in [6.45, 7) is 4.64. The number of hydrogen-bond donors (Lipinski definition) is 2. The van der Waals surface area contributed by atoms with Crippen LogP contribution in [0.2, 0.25) is 0 Å². The first-order valence-corrected chi connectivity index (χ1v) is 13.5. The Kier molecular flexibility index (Phi) is 6.78. The van der Waals surface area contributed by atoms with Crippen molar-refractivity contribution in [3.05, 3.63) is 83.5 Å². The molecule has 196 valence electrons. The molecule has 4 heterocycles. The maximum absolute atomic E-state index is 13.3. The summed E-state index contributed by atoms with van der Waals surface area (Å²) >= 11 is 0. The van der Waals surface area contributed by atoms with Gasteiger partial charge in [0.2, 0.25) is 0 Å². The average Bonchev–Trinajstić information content (AvgIpc) is 3.55. The summed E-state index contributed by atoms with van der Waals surface area (Å²) in [5.41, 5.74) is 13.6. The van der Waals surface area contributed by atoms with Crippen molar-refractivity contribution in [1.82, 2.24) is 29.2 Å². The van der Waals surface area contributed by atoms with E-state index in [1.807, 2.05) is 40.6 Å². The lowest BCUT2D eigenvalue weighted by molar-refractivity contribution is 0.102. The van der Waals surface area contributed by atoms with Crippen molar-refractivity contribution in [3.63, 3.8) is 0 Å². The largest absolute Gasteiger partial charge is 0.327 e. The van der Waals surface area contributed by atoms with Crippen LogP contribution in [0.25, 0.3) is 11.4 Å². The number of nitrogens with one attached hydrogen (secondary N) is 1. The minimum Gasteiger partial charge on any atom is -0.327 e. The molecular formula is C29H34N8O. The Bertz CT molecular complexity index is 1430. The molecule has 0 bridgehead atoms. The predicted octanol–water partition coefficient (Wildman–Crippen LogP) is 3.82. The monoisotopic (exact) mass is 510 g/mol. The molecule has 3 N–H and O–H groups in total. The van der Waals surface area contributed by atoms with Gasteiger partial charge in [-0.05, 0) is 93.5 Å². The van der Waals surface area contributed by atoms with Crippen molar-refractivity contribution < 1.29 is 4.79 Å². The zero-order valence-corrected chi connectivity index (χ0v) is 21.8. The maximum atomic E-state index is 13.3. The molecule has 4 aromatic rings. The Balaban J connectivity index is 1.26. The molecule has 1 aliphatic heterocycles. The van der Waals surface area contributed by atoms with Crippen molar-refractivity contribution >= 4 is 11.6 Å². The Morgan fingerprint density at radius 1 is 1.08 bits per heavy atom. The van der Waals surface area contributed by atoms with E-state index >= 15 is 0 Å². The number of pyridine rings is 1. The summed E-state index contributed by atoms with van der Waals surface area (Å²) in [7, 11) is 0. The minimum atomic E-state index is -0.256. The predicted molar refractivity (Wildman–Crippen MR) is 147 cm³/mol. The number of rotatable bonds is 6. The zero-order chi connectivity index (χ0) is 26.1. The van der Waals surface area contributed by atoms with Crippen molar-refractivity contribution in [2.24, 2.45) is 5.73 Å². The highest BCUT2D eigenvalue weighted by molar-refractivity contribution is 6.03. The molecule has 0 saturated carbocycles. The molecule has 9 heteroatoms. The molecule has 1 aromatic carbocycles. The van der Waals surface area contributed by atoms with E-state index in [-0.39, 0.29) is 11.9 Å². The molecule has 2 aliphatic rings. The third-order valence-corrected chi connectivity index (χ3v) is 7.42. The van der Waals surface area contributed by atoms with E-state index in [0.29, 0.717) is 5.69 Å². The lowest BCUT2D eigenvalue weighted by Crippen LogP contribution is -2.42. The second-order valence-corrected chi connectivity index (χ2v) is 10.6. The molecular weight excluding hydrogens is 476 g/mol. The summed E-state index contributed by atoms with van der Waals surface area (Å²) in [5, 5.41) is 7.84. The molecule has 38 heavy (non-hydrogen) atoms. The number of aryl methyl sites for hydroxylation is 3. The molecule has 1 amide bonds. The minimum absolute atomic E-state index is 0.209. The normalized spacial score (nSPS) is 17.8. The van der Waals surface area contributed by atoms with Crippen LogP contribution >= 0.6 is 0 Å². The van der Waals surface area contributed by atoms with Gasteiger partial charge in [0.15, 0.2) is 0 Å². The lowest BCUT2D eigenvalue weighted by atomic mass is 9.99. The summed E-state index contributed by atoms with van der Waals surface area (Å²) in [4.78, 5) is 24.5. The van der Waals surface area contributed by atoms with Crippen LogP contribution in [-0.2, 0) is 19.4 Å². The fourth-order valence-electron chi connectivity index (χ4n) is 5.53. The quantitative estimate of drug-likeness (QED) is 0.409. The van der Waals surface area contributed by atoms with Crippen molar-refractivity contribution in [1.29, 1.82) is 0 Å². The number of carbonyl (C=O) groups excluding carboxylic acids is 1. The average molecular weight is 511 g/mol. The van der Waals surface area contributed by atoms with Crippen LogP contribution in [0.4, 0.5) is 5.69 Å².